The number of benzene rings is 2. The number of rotatable bonds is 4. The third-order valence-electron chi connectivity index (χ3n) is 6.41. The van der Waals surface area contributed by atoms with Gasteiger partial charge in [-0.05, 0) is 31.5 Å². The normalized spacial score (nSPS) is 16.4. The molecule has 1 aliphatic rings. The summed E-state index contributed by atoms with van der Waals surface area (Å²) in [4.78, 5) is 11.2. The van der Waals surface area contributed by atoms with Gasteiger partial charge in [-0.25, -0.2) is 23.1 Å². The van der Waals surface area contributed by atoms with Crippen LogP contribution in [-0.2, 0) is 11.3 Å². The van der Waals surface area contributed by atoms with Gasteiger partial charge in [0, 0.05) is 41.7 Å². The average molecular weight is 441 g/mol. The number of nitrogens with one attached hydrogen (secondary N) is 1. The minimum atomic E-state index is -3.27. The second kappa shape index (κ2) is 7.22. The van der Waals surface area contributed by atoms with Crippen molar-refractivity contribution in [3.05, 3.63) is 70.9 Å². The largest absolute Gasteiger partial charge is 0.363 e. The fraction of sp³-hybridized carbons (Fsp3) is 0.360. The molecule has 0 spiro atoms. The first-order valence-electron chi connectivity index (χ1n) is 10.5. The molecule has 1 aliphatic heterocycles. The highest BCUT2D eigenvalue weighted by Gasteiger charge is 2.38. The third kappa shape index (κ3) is 3.40. The number of fused-ring (bicyclic) bond motifs is 2. The third-order valence-corrected chi connectivity index (χ3v) is 6.41. The van der Waals surface area contributed by atoms with Crippen molar-refractivity contribution in [1.29, 1.82) is 0 Å². The van der Waals surface area contributed by atoms with E-state index in [0.29, 0.717) is 18.6 Å². The van der Waals surface area contributed by atoms with Gasteiger partial charge in [0.1, 0.15) is 17.5 Å². The van der Waals surface area contributed by atoms with Crippen molar-refractivity contribution in [2.45, 2.75) is 52.0 Å². The van der Waals surface area contributed by atoms with Crippen LogP contribution in [0.2, 0.25) is 0 Å². The van der Waals surface area contributed by atoms with E-state index in [1.165, 1.54) is 12.1 Å². The van der Waals surface area contributed by atoms with Crippen LogP contribution in [0.5, 0.6) is 0 Å². The van der Waals surface area contributed by atoms with Crippen LogP contribution in [0.4, 0.5) is 24.7 Å². The molecule has 1 atom stereocenters. The Bertz CT molecular complexity index is 1240. The van der Waals surface area contributed by atoms with Crippen molar-refractivity contribution in [3.8, 4) is 0 Å². The van der Waals surface area contributed by atoms with Gasteiger partial charge in [0.05, 0.1) is 17.1 Å². The molecule has 32 heavy (non-hydrogen) atoms. The van der Waals surface area contributed by atoms with Gasteiger partial charge in [0.25, 0.3) is 5.92 Å². The Morgan fingerprint density at radius 1 is 1.19 bits per heavy atom. The molecule has 0 amide bonds. The highest BCUT2D eigenvalue weighted by molar-refractivity contribution is 5.94. The van der Waals surface area contributed by atoms with E-state index in [-0.39, 0.29) is 11.0 Å². The lowest BCUT2D eigenvalue weighted by Crippen LogP contribution is -2.21. The maximum Gasteiger partial charge on any atom is 0.273 e. The first-order valence-corrected chi connectivity index (χ1v) is 10.5. The topological polar surface area (TPSA) is 41.1 Å². The number of nitrogens with zero attached hydrogens (tertiary/aromatic N) is 3. The second-order valence-corrected chi connectivity index (χ2v) is 9.10. The van der Waals surface area contributed by atoms with Crippen molar-refractivity contribution in [2.75, 3.05) is 17.3 Å². The van der Waals surface area contributed by atoms with Crippen LogP contribution < -0.4 is 10.2 Å². The molecule has 0 saturated carbocycles. The standard InChI is InChI=1S/C25H27F3N4/c1-13(16-9-8-10-18(22(16)26)25(6,27)28)29-23-17-11-19-21(12-20(17)30-15(3)31-23)32(7)14(2)24(19,4)5/h8-13H,2H2,1,3-7H3,(H,29,30,31)/t13-/m1/s1. The van der Waals surface area contributed by atoms with E-state index in [9.17, 15) is 13.2 Å². The van der Waals surface area contributed by atoms with Crippen molar-refractivity contribution in [2.24, 2.45) is 0 Å². The van der Waals surface area contributed by atoms with Gasteiger partial charge in [-0.15, -0.1) is 0 Å². The number of likely N-dealkylation sites (N-methyl/N-ethyl adjacent to an activating group) is 1. The zero-order valence-corrected chi connectivity index (χ0v) is 19.1. The number of hydrogen-bond acceptors (Lipinski definition) is 4. The van der Waals surface area contributed by atoms with E-state index in [2.05, 4.69) is 40.6 Å². The number of anilines is 2. The molecule has 7 heteroatoms. The molecule has 0 unspecified atom stereocenters. The number of allylic oxidation sites excluding steroid dienone is 1. The molecular formula is C25H27F3N4. The quantitative estimate of drug-likeness (QED) is 0.496. The number of alkyl halides is 2. The second-order valence-electron chi connectivity index (χ2n) is 9.10. The van der Waals surface area contributed by atoms with Crippen LogP contribution in [-0.4, -0.2) is 17.0 Å². The van der Waals surface area contributed by atoms with Gasteiger partial charge in [-0.3, -0.25) is 0 Å². The van der Waals surface area contributed by atoms with Crippen molar-refractivity contribution in [3.63, 3.8) is 0 Å². The molecule has 0 radical (unpaired) electrons. The predicted molar refractivity (Wildman–Crippen MR) is 123 cm³/mol. The summed E-state index contributed by atoms with van der Waals surface area (Å²) in [6.45, 7) is 12.7. The number of aryl methyl sites for hydroxylation is 1. The summed E-state index contributed by atoms with van der Waals surface area (Å²) in [6, 6.07) is 7.54. The van der Waals surface area contributed by atoms with E-state index in [4.69, 9.17) is 0 Å². The summed E-state index contributed by atoms with van der Waals surface area (Å²) in [5.74, 6) is -3.08. The summed E-state index contributed by atoms with van der Waals surface area (Å²) in [6.07, 6.45) is 0. The van der Waals surface area contributed by atoms with Crippen LogP contribution in [0.15, 0.2) is 42.6 Å². The molecule has 0 bridgehead atoms. The molecular weight excluding hydrogens is 413 g/mol. The van der Waals surface area contributed by atoms with Gasteiger partial charge in [0.2, 0.25) is 0 Å². The molecule has 2 aromatic carbocycles. The minimum Gasteiger partial charge on any atom is -0.363 e. The zero-order chi connectivity index (χ0) is 23.6. The Balaban J connectivity index is 1.81. The van der Waals surface area contributed by atoms with Gasteiger partial charge in [0.15, 0.2) is 0 Å². The average Bonchev–Trinajstić information content (AvgIpc) is 2.86. The van der Waals surface area contributed by atoms with E-state index >= 15 is 0 Å². The summed E-state index contributed by atoms with van der Waals surface area (Å²) in [7, 11) is 1.98. The van der Waals surface area contributed by atoms with Gasteiger partial charge in [-0.2, -0.15) is 0 Å². The lowest BCUT2D eigenvalue weighted by atomic mass is 9.84. The Morgan fingerprint density at radius 3 is 2.53 bits per heavy atom. The smallest absolute Gasteiger partial charge is 0.273 e. The van der Waals surface area contributed by atoms with E-state index < -0.39 is 23.3 Å². The van der Waals surface area contributed by atoms with Crippen LogP contribution in [0.25, 0.3) is 10.9 Å². The first-order chi connectivity index (χ1) is 14.8. The Kier molecular flexibility index (Phi) is 4.99. The van der Waals surface area contributed by atoms with Crippen LogP contribution >= 0.6 is 0 Å². The Hall–Kier alpha value is -3.09. The summed E-state index contributed by atoms with van der Waals surface area (Å²) in [5.41, 5.74) is 3.14. The zero-order valence-electron chi connectivity index (χ0n) is 19.1. The lowest BCUT2D eigenvalue weighted by molar-refractivity contribution is 0.0136. The summed E-state index contributed by atoms with van der Waals surface area (Å²) in [5, 5.41) is 4.02. The predicted octanol–water partition coefficient (Wildman–Crippen LogP) is 6.60. The monoisotopic (exact) mass is 440 g/mol. The van der Waals surface area contributed by atoms with Gasteiger partial charge in [-0.1, -0.05) is 38.6 Å². The van der Waals surface area contributed by atoms with Crippen molar-refractivity contribution in [1.82, 2.24) is 9.97 Å². The Morgan fingerprint density at radius 2 is 1.88 bits per heavy atom. The molecule has 0 aliphatic carbocycles. The number of hydrogen-bond donors (Lipinski definition) is 1. The first kappa shape index (κ1) is 22.1. The molecule has 0 fully saturated rings. The highest BCUT2D eigenvalue weighted by atomic mass is 19.3. The Labute approximate surface area is 186 Å². The van der Waals surface area contributed by atoms with Gasteiger partial charge < -0.3 is 10.2 Å². The lowest BCUT2D eigenvalue weighted by Gasteiger charge is -2.22. The van der Waals surface area contributed by atoms with E-state index in [1.807, 2.05) is 19.2 Å². The van der Waals surface area contributed by atoms with E-state index in [0.717, 1.165) is 33.9 Å². The highest BCUT2D eigenvalue weighted by Crippen LogP contribution is 2.48. The maximum atomic E-state index is 14.9. The SMILES string of the molecule is C=C1N(C)c2cc3nc(C)nc(N[C@H](C)c4cccc(C(C)(F)F)c4F)c3cc2C1(C)C. The van der Waals surface area contributed by atoms with Crippen LogP contribution in [0, 0.1) is 12.7 Å². The minimum absolute atomic E-state index is 0.156. The number of aromatic nitrogens is 2. The summed E-state index contributed by atoms with van der Waals surface area (Å²) < 4.78 is 42.6. The molecule has 4 nitrogen and oxygen atoms in total. The van der Waals surface area contributed by atoms with E-state index in [1.54, 1.807) is 13.8 Å². The van der Waals surface area contributed by atoms with Gasteiger partial charge >= 0.3 is 0 Å². The molecule has 168 valence electrons. The van der Waals surface area contributed by atoms with Crippen LogP contribution in [0.3, 0.4) is 0 Å². The molecule has 4 rings (SSSR count). The number of halogens is 3. The molecule has 0 saturated heterocycles. The molecule has 3 aromatic rings. The van der Waals surface area contributed by atoms with Crippen molar-refractivity contribution < 1.29 is 13.2 Å². The molecule has 1 aromatic heterocycles. The van der Waals surface area contributed by atoms with Crippen LogP contribution in [0.1, 0.15) is 56.3 Å². The molecule has 1 N–H and O–H groups in total. The fourth-order valence-corrected chi connectivity index (χ4v) is 4.40. The summed E-state index contributed by atoms with van der Waals surface area (Å²) >= 11 is 0. The fourth-order valence-electron chi connectivity index (χ4n) is 4.40. The van der Waals surface area contributed by atoms with Crippen molar-refractivity contribution >= 4 is 22.4 Å². The molecule has 2 heterocycles. The maximum absolute atomic E-state index is 14.9.